The van der Waals surface area contributed by atoms with Gasteiger partial charge in [-0.1, -0.05) is 39.0 Å². The molecule has 0 heterocycles. The van der Waals surface area contributed by atoms with Crippen molar-refractivity contribution in [2.24, 2.45) is 5.41 Å². The molecule has 1 aliphatic carbocycles. The zero-order chi connectivity index (χ0) is 11.7. The van der Waals surface area contributed by atoms with E-state index in [0.717, 1.165) is 13.2 Å². The van der Waals surface area contributed by atoms with Gasteiger partial charge in [0.25, 0.3) is 0 Å². The lowest BCUT2D eigenvalue weighted by Crippen LogP contribution is -2.27. The molecule has 2 nitrogen and oxygen atoms in total. The lowest BCUT2D eigenvalue weighted by atomic mass is 9.97. The molecular weight excluding hydrogens is 198 g/mol. The monoisotopic (exact) mass is 227 g/mol. The Morgan fingerprint density at radius 2 is 1.88 bits per heavy atom. The highest BCUT2D eigenvalue weighted by Gasteiger charge is 2.40. The van der Waals surface area contributed by atoms with Gasteiger partial charge < -0.3 is 10.1 Å². The number of ether oxygens (including phenoxy) is 1. The minimum absolute atomic E-state index is 0.681. The fourth-order valence-electron chi connectivity index (χ4n) is 2.32. The van der Waals surface area contributed by atoms with Crippen LogP contribution in [0.25, 0.3) is 0 Å². The van der Waals surface area contributed by atoms with Gasteiger partial charge in [0, 0.05) is 20.2 Å². The van der Waals surface area contributed by atoms with Crippen molar-refractivity contribution in [1.82, 2.24) is 5.32 Å². The van der Waals surface area contributed by atoms with Gasteiger partial charge in [-0.3, -0.25) is 0 Å². The molecule has 1 fully saturated rings. The van der Waals surface area contributed by atoms with E-state index in [0.29, 0.717) is 5.41 Å². The van der Waals surface area contributed by atoms with Crippen LogP contribution in [0.2, 0.25) is 0 Å². The summed E-state index contributed by atoms with van der Waals surface area (Å²) in [5.74, 6) is 0. The first-order chi connectivity index (χ1) is 7.83. The molecule has 0 amide bonds. The Balaban J connectivity index is 1.93. The maximum atomic E-state index is 5.04. The molecule has 1 aliphatic rings. The van der Waals surface area contributed by atoms with Crippen LogP contribution in [0.3, 0.4) is 0 Å². The van der Waals surface area contributed by atoms with Gasteiger partial charge in [0.1, 0.15) is 0 Å². The van der Waals surface area contributed by atoms with Gasteiger partial charge in [0.2, 0.25) is 0 Å². The van der Waals surface area contributed by atoms with Crippen LogP contribution in [0, 0.1) is 5.41 Å². The van der Waals surface area contributed by atoms with Crippen molar-refractivity contribution < 1.29 is 4.74 Å². The Labute approximate surface area is 101 Å². The van der Waals surface area contributed by atoms with Crippen LogP contribution < -0.4 is 5.32 Å². The molecule has 0 unspecified atom stereocenters. The molecule has 1 rings (SSSR count). The summed E-state index contributed by atoms with van der Waals surface area (Å²) < 4.78 is 5.04. The van der Waals surface area contributed by atoms with Gasteiger partial charge in [-0.15, -0.1) is 0 Å². The standard InChI is InChI=1S/C14H29NO/c1-3-4-5-6-7-8-14(9-10-14)13-15-11-12-16-2/h15H,3-13H2,1-2H3. The lowest BCUT2D eigenvalue weighted by Gasteiger charge is -2.15. The predicted octanol–water partition coefficient (Wildman–Crippen LogP) is 3.36. The van der Waals surface area contributed by atoms with Crippen LogP contribution >= 0.6 is 0 Å². The minimum atomic E-state index is 0.681. The lowest BCUT2D eigenvalue weighted by molar-refractivity contribution is 0.196. The molecule has 1 saturated carbocycles. The molecule has 96 valence electrons. The largest absolute Gasteiger partial charge is 0.383 e. The number of hydrogen-bond donors (Lipinski definition) is 1. The average molecular weight is 227 g/mol. The van der Waals surface area contributed by atoms with Crippen molar-refractivity contribution in [1.29, 1.82) is 0 Å². The number of rotatable bonds is 11. The average Bonchev–Trinajstić information content (AvgIpc) is 3.05. The zero-order valence-corrected chi connectivity index (χ0v) is 11.2. The second-order valence-electron chi connectivity index (χ2n) is 5.33. The van der Waals surface area contributed by atoms with E-state index < -0.39 is 0 Å². The summed E-state index contributed by atoms with van der Waals surface area (Å²) in [7, 11) is 1.77. The molecular formula is C14H29NO. The molecule has 0 saturated heterocycles. The summed E-state index contributed by atoms with van der Waals surface area (Å²) in [6.07, 6.45) is 11.4. The van der Waals surface area contributed by atoms with Crippen molar-refractivity contribution in [3.8, 4) is 0 Å². The molecule has 0 aromatic heterocycles. The van der Waals surface area contributed by atoms with E-state index in [-0.39, 0.29) is 0 Å². The fraction of sp³-hybridized carbons (Fsp3) is 1.00. The van der Waals surface area contributed by atoms with Crippen molar-refractivity contribution in [2.45, 2.75) is 58.3 Å². The highest BCUT2D eigenvalue weighted by molar-refractivity contribution is 4.94. The Bertz CT molecular complexity index is 166. The van der Waals surface area contributed by atoms with E-state index in [4.69, 9.17) is 4.74 Å². The van der Waals surface area contributed by atoms with E-state index in [1.807, 2.05) is 0 Å². The summed E-state index contributed by atoms with van der Waals surface area (Å²) in [4.78, 5) is 0. The van der Waals surface area contributed by atoms with Crippen LogP contribution in [0.5, 0.6) is 0 Å². The van der Waals surface area contributed by atoms with E-state index in [9.17, 15) is 0 Å². The summed E-state index contributed by atoms with van der Waals surface area (Å²) in [6, 6.07) is 0. The molecule has 16 heavy (non-hydrogen) atoms. The van der Waals surface area contributed by atoms with Crippen LogP contribution in [-0.2, 0) is 4.74 Å². The Morgan fingerprint density at radius 1 is 1.12 bits per heavy atom. The van der Waals surface area contributed by atoms with Crippen molar-refractivity contribution in [3.63, 3.8) is 0 Å². The third-order valence-electron chi connectivity index (χ3n) is 3.75. The third-order valence-corrected chi connectivity index (χ3v) is 3.75. The van der Waals surface area contributed by atoms with E-state index in [1.54, 1.807) is 7.11 Å². The van der Waals surface area contributed by atoms with Gasteiger partial charge >= 0.3 is 0 Å². The van der Waals surface area contributed by atoms with Crippen molar-refractivity contribution in [3.05, 3.63) is 0 Å². The Morgan fingerprint density at radius 3 is 2.50 bits per heavy atom. The minimum Gasteiger partial charge on any atom is -0.383 e. The third kappa shape index (κ3) is 5.86. The molecule has 0 atom stereocenters. The molecule has 0 radical (unpaired) electrons. The normalized spacial score (nSPS) is 17.6. The summed E-state index contributed by atoms with van der Waals surface area (Å²) >= 11 is 0. The van der Waals surface area contributed by atoms with Crippen LogP contribution in [0.4, 0.5) is 0 Å². The van der Waals surface area contributed by atoms with Crippen molar-refractivity contribution >= 4 is 0 Å². The molecule has 0 spiro atoms. The molecule has 1 N–H and O–H groups in total. The van der Waals surface area contributed by atoms with Crippen LogP contribution in [0.15, 0.2) is 0 Å². The van der Waals surface area contributed by atoms with Gasteiger partial charge in [0.05, 0.1) is 6.61 Å². The van der Waals surface area contributed by atoms with E-state index in [1.165, 1.54) is 57.9 Å². The first kappa shape index (κ1) is 14.0. The smallest absolute Gasteiger partial charge is 0.0587 e. The van der Waals surface area contributed by atoms with Gasteiger partial charge in [-0.05, 0) is 24.7 Å². The number of unbranched alkanes of at least 4 members (excludes halogenated alkanes) is 4. The van der Waals surface area contributed by atoms with E-state index in [2.05, 4.69) is 12.2 Å². The number of nitrogens with one attached hydrogen (secondary N) is 1. The van der Waals surface area contributed by atoms with Gasteiger partial charge in [-0.25, -0.2) is 0 Å². The number of hydrogen-bond acceptors (Lipinski definition) is 2. The Kier molecular flexibility index (Phi) is 7.06. The van der Waals surface area contributed by atoms with Gasteiger partial charge in [0.15, 0.2) is 0 Å². The fourth-order valence-corrected chi connectivity index (χ4v) is 2.32. The SMILES string of the molecule is CCCCCCCC1(CNCCOC)CC1. The maximum absolute atomic E-state index is 5.04. The molecule has 0 bridgehead atoms. The zero-order valence-electron chi connectivity index (χ0n) is 11.2. The molecule has 0 aromatic carbocycles. The first-order valence-electron chi connectivity index (χ1n) is 7.03. The Hall–Kier alpha value is -0.0800. The second kappa shape index (κ2) is 8.08. The highest BCUT2D eigenvalue weighted by Crippen LogP contribution is 2.49. The molecule has 0 aromatic rings. The van der Waals surface area contributed by atoms with Crippen molar-refractivity contribution in [2.75, 3.05) is 26.8 Å². The molecule has 2 heteroatoms. The van der Waals surface area contributed by atoms with Gasteiger partial charge in [-0.2, -0.15) is 0 Å². The predicted molar refractivity (Wildman–Crippen MR) is 69.8 cm³/mol. The van der Waals surface area contributed by atoms with Crippen LogP contribution in [0.1, 0.15) is 58.3 Å². The maximum Gasteiger partial charge on any atom is 0.0587 e. The summed E-state index contributed by atoms with van der Waals surface area (Å²) in [5, 5.41) is 3.52. The molecule has 0 aliphatic heterocycles. The summed E-state index contributed by atoms with van der Waals surface area (Å²) in [5.41, 5.74) is 0.681. The number of methoxy groups -OCH3 is 1. The second-order valence-corrected chi connectivity index (χ2v) is 5.33. The summed E-state index contributed by atoms with van der Waals surface area (Å²) in [6.45, 7) is 5.34. The highest BCUT2D eigenvalue weighted by atomic mass is 16.5. The topological polar surface area (TPSA) is 21.3 Å². The quantitative estimate of drug-likeness (QED) is 0.546. The first-order valence-corrected chi connectivity index (χ1v) is 7.03. The van der Waals surface area contributed by atoms with Crippen LogP contribution in [-0.4, -0.2) is 26.8 Å². The van der Waals surface area contributed by atoms with E-state index >= 15 is 0 Å².